The Balaban J connectivity index is 1.52. The van der Waals surface area contributed by atoms with E-state index in [0.29, 0.717) is 53.6 Å². The van der Waals surface area contributed by atoms with Crippen molar-refractivity contribution in [2.24, 2.45) is 0 Å². The Hall–Kier alpha value is -3.50. The summed E-state index contributed by atoms with van der Waals surface area (Å²) >= 11 is 6.28. The predicted molar refractivity (Wildman–Crippen MR) is 186 cm³/mol. The number of hydrogen-bond donors (Lipinski definition) is 1. The molecule has 0 bridgehead atoms. The Morgan fingerprint density at radius 1 is 1.23 bits per heavy atom. The summed E-state index contributed by atoms with van der Waals surface area (Å²) in [5, 5.41) is 18.4. The van der Waals surface area contributed by atoms with Crippen LogP contribution >= 0.6 is 11.6 Å². The van der Waals surface area contributed by atoms with E-state index >= 15 is 0 Å². The molecule has 0 radical (unpaired) electrons. The molecule has 1 amide bonds. The lowest BCUT2D eigenvalue weighted by Gasteiger charge is -2.39. The summed E-state index contributed by atoms with van der Waals surface area (Å²) in [5.41, 5.74) is 1.77. The Morgan fingerprint density at radius 2 is 1.98 bits per heavy atom. The number of anilines is 3. The van der Waals surface area contributed by atoms with Gasteiger partial charge in [0.25, 0.3) is 0 Å². The average Bonchev–Trinajstić information content (AvgIpc) is 3.69. The van der Waals surface area contributed by atoms with Gasteiger partial charge in [0.1, 0.15) is 17.5 Å². The van der Waals surface area contributed by atoms with Crippen LogP contribution in [0.25, 0.3) is 11.3 Å². The van der Waals surface area contributed by atoms with Crippen LogP contribution in [0, 0.1) is 11.3 Å². The highest BCUT2D eigenvalue weighted by Crippen LogP contribution is 2.47. The van der Waals surface area contributed by atoms with E-state index in [9.17, 15) is 10.1 Å². The predicted octanol–water partition coefficient (Wildman–Crippen LogP) is 7.82. The van der Waals surface area contributed by atoms with Gasteiger partial charge in [0.2, 0.25) is 5.95 Å². The van der Waals surface area contributed by atoms with Gasteiger partial charge in [-0.3, -0.25) is 4.90 Å². The zero-order valence-corrected chi connectivity index (χ0v) is 30.7. The minimum Gasteiger partial charge on any atom is -0.443 e. The van der Waals surface area contributed by atoms with Crippen molar-refractivity contribution in [3.8, 4) is 17.3 Å². The molecule has 3 aromatic rings. The number of nitriles is 1. The molecule has 2 aromatic heterocycles. The Kier molecular flexibility index (Phi) is 9.51. The van der Waals surface area contributed by atoms with Crippen molar-refractivity contribution in [3.05, 3.63) is 46.7 Å². The second-order valence-electron chi connectivity index (χ2n) is 15.3. The Labute approximate surface area is 283 Å². The summed E-state index contributed by atoms with van der Waals surface area (Å²) in [5.74, 6) is 1.00. The molecule has 5 rings (SSSR count). The number of halogens is 1. The van der Waals surface area contributed by atoms with Crippen molar-refractivity contribution in [1.82, 2.24) is 19.7 Å². The minimum absolute atomic E-state index is 0.00337. The van der Waals surface area contributed by atoms with Crippen LogP contribution in [0.1, 0.15) is 72.4 Å². The summed E-state index contributed by atoms with van der Waals surface area (Å²) in [4.78, 5) is 24.4. The number of carbonyl (C=O) groups excluding carboxylic acids is 1. The molecule has 0 spiro atoms. The molecule has 11 nitrogen and oxygen atoms in total. The van der Waals surface area contributed by atoms with E-state index in [2.05, 4.69) is 62.3 Å². The molecule has 2 atom stereocenters. The normalized spacial score (nSPS) is 19.9. The Bertz CT molecular complexity index is 1680. The average molecular weight is 680 g/mol. The third-order valence-corrected chi connectivity index (χ3v) is 13.8. The van der Waals surface area contributed by atoms with Gasteiger partial charge in [-0.2, -0.15) is 10.4 Å². The molecule has 1 aromatic carbocycles. The maximum absolute atomic E-state index is 13.6. The molecule has 2 aliphatic heterocycles. The number of nitrogens with zero attached hydrogens (tertiary/aromatic N) is 6. The fourth-order valence-electron chi connectivity index (χ4n) is 5.58. The number of aromatic nitrogens is 4. The number of amides is 1. The van der Waals surface area contributed by atoms with E-state index in [1.807, 2.05) is 26.8 Å². The molecular weight excluding hydrogens is 634 g/mol. The second-order valence-corrected chi connectivity index (χ2v) is 20.5. The summed E-state index contributed by atoms with van der Waals surface area (Å²) in [6.45, 7) is 20.6. The number of rotatable bonds is 8. The molecule has 0 aliphatic carbocycles. The third kappa shape index (κ3) is 7.64. The van der Waals surface area contributed by atoms with Crippen molar-refractivity contribution in [3.63, 3.8) is 0 Å². The van der Waals surface area contributed by atoms with Gasteiger partial charge in [-0.05, 0) is 75.5 Å². The molecule has 1 N–H and O–H groups in total. The van der Waals surface area contributed by atoms with Crippen LogP contribution in [0.3, 0.4) is 0 Å². The largest absolute Gasteiger partial charge is 0.443 e. The van der Waals surface area contributed by atoms with Gasteiger partial charge in [-0.15, -0.1) is 0 Å². The topological polar surface area (TPSA) is 127 Å². The van der Waals surface area contributed by atoms with Gasteiger partial charge in [0.15, 0.2) is 13.5 Å². The summed E-state index contributed by atoms with van der Waals surface area (Å²) < 4.78 is 20.1. The number of nitrogens with one attached hydrogen (secondary N) is 1. The minimum atomic E-state index is -2.14. The highest BCUT2D eigenvalue weighted by atomic mass is 35.5. The maximum Gasteiger partial charge on any atom is 0.414 e. The van der Waals surface area contributed by atoms with E-state index in [0.717, 1.165) is 30.6 Å². The number of carbonyl (C=O) groups is 1. The lowest BCUT2D eigenvalue weighted by Crippen LogP contribution is -2.46. The van der Waals surface area contributed by atoms with E-state index in [4.69, 9.17) is 30.5 Å². The fraction of sp³-hybridized carbons (Fsp3) is 0.559. The summed E-state index contributed by atoms with van der Waals surface area (Å²) in [6.07, 6.45) is 3.23. The van der Waals surface area contributed by atoms with Gasteiger partial charge in [-0.25, -0.2) is 19.4 Å². The van der Waals surface area contributed by atoms with Crippen molar-refractivity contribution < 1.29 is 18.7 Å². The van der Waals surface area contributed by atoms with Gasteiger partial charge < -0.3 is 19.2 Å². The fourth-order valence-corrected chi connectivity index (χ4v) is 6.89. The molecule has 47 heavy (non-hydrogen) atoms. The van der Waals surface area contributed by atoms with E-state index < -0.39 is 25.4 Å². The maximum atomic E-state index is 13.6. The first-order valence-corrected chi connectivity index (χ1v) is 19.4. The van der Waals surface area contributed by atoms with Gasteiger partial charge in [0.05, 0.1) is 29.6 Å². The van der Waals surface area contributed by atoms with Gasteiger partial charge in [0, 0.05) is 43.0 Å². The summed E-state index contributed by atoms with van der Waals surface area (Å²) in [6, 6.07) is 9.65. The lowest BCUT2D eigenvalue weighted by atomic mass is 9.83. The van der Waals surface area contributed by atoms with Crippen LogP contribution in [0.15, 0.2) is 30.5 Å². The number of hydrogen-bond acceptors (Lipinski definition) is 9. The van der Waals surface area contributed by atoms with Crippen LogP contribution in [0.2, 0.25) is 23.3 Å². The monoisotopic (exact) mass is 679 g/mol. The van der Waals surface area contributed by atoms with Crippen molar-refractivity contribution in [2.75, 3.05) is 30.0 Å². The zero-order valence-electron chi connectivity index (χ0n) is 28.9. The van der Waals surface area contributed by atoms with Crippen LogP contribution in [0.5, 0.6) is 0 Å². The number of fused-ring (bicyclic) bond motifs is 1. The molecule has 1 fully saturated rings. The molecule has 2 aliphatic rings. The highest BCUT2D eigenvalue weighted by molar-refractivity contribution is 6.74. The molecule has 0 saturated carbocycles. The first-order valence-electron chi connectivity index (χ1n) is 16.1. The first kappa shape index (κ1) is 34.8. The van der Waals surface area contributed by atoms with E-state index in [1.165, 1.54) is 0 Å². The van der Waals surface area contributed by atoms with Gasteiger partial charge >= 0.3 is 6.09 Å². The van der Waals surface area contributed by atoms with Crippen LogP contribution < -0.4 is 10.2 Å². The molecule has 0 unspecified atom stereocenters. The molecule has 4 heterocycles. The smallest absolute Gasteiger partial charge is 0.414 e. The lowest BCUT2D eigenvalue weighted by molar-refractivity contribution is 0.0575. The van der Waals surface area contributed by atoms with Crippen LogP contribution in [-0.4, -0.2) is 65.6 Å². The standard InChI is InChI=1S/C34H46ClN7O4Si/c1-32(2,3)46-31(43)41-20-34(7,21-45-47(8,9)33(4,5)6)25-16-22(15-23(18-36)29(25)41)26-12-13-37-30(38-26)39-28-17-27(35)40-42(28)19-24-11-10-14-44-24/h12-13,15-17,24H,10-11,14,19-21H2,1-9H3,(H,37,38,39)/t24-,34+/m0/s1. The van der Waals surface area contributed by atoms with Crippen LogP contribution in [0.4, 0.5) is 22.2 Å². The van der Waals surface area contributed by atoms with E-state index in [-0.39, 0.29) is 11.1 Å². The zero-order chi connectivity index (χ0) is 34.4. The highest BCUT2D eigenvalue weighted by Gasteiger charge is 2.47. The van der Waals surface area contributed by atoms with Crippen molar-refractivity contribution in [2.45, 2.75) is 103 Å². The van der Waals surface area contributed by atoms with Crippen molar-refractivity contribution in [1.29, 1.82) is 5.26 Å². The Morgan fingerprint density at radius 3 is 2.62 bits per heavy atom. The first-order chi connectivity index (χ1) is 21.9. The molecular formula is C34H46ClN7O4Si. The number of benzene rings is 1. The SMILES string of the molecule is CC(C)(C)OC(=O)N1C[C@](C)(CO[Si](C)(C)C(C)(C)C)c2cc(-c3ccnc(Nc4cc(Cl)nn4C[C@@H]4CCCO4)n3)cc(C#N)c21. The quantitative estimate of drug-likeness (QED) is 0.237. The van der Waals surface area contributed by atoms with E-state index in [1.54, 1.807) is 34.0 Å². The van der Waals surface area contributed by atoms with Gasteiger partial charge in [-0.1, -0.05) is 39.3 Å². The molecule has 1 saturated heterocycles. The molecule has 252 valence electrons. The van der Waals surface area contributed by atoms with Crippen molar-refractivity contribution >= 4 is 43.5 Å². The number of ether oxygens (including phenoxy) is 2. The third-order valence-electron chi connectivity index (χ3n) is 9.17. The summed E-state index contributed by atoms with van der Waals surface area (Å²) in [7, 11) is -2.14. The van der Waals surface area contributed by atoms with Crippen LogP contribution in [-0.2, 0) is 25.9 Å². The molecule has 13 heteroatoms. The second kappa shape index (κ2) is 12.8.